The van der Waals surface area contributed by atoms with Crippen molar-refractivity contribution in [2.75, 3.05) is 23.3 Å². The van der Waals surface area contributed by atoms with Crippen LogP contribution in [0.5, 0.6) is 0 Å². The molecule has 4 heteroatoms. The van der Waals surface area contributed by atoms with E-state index in [0.29, 0.717) is 6.42 Å². The molecule has 1 aromatic heterocycles. The SMILES string of the molecule is O=C(Cc1ccsc1)Nc1ccccc1N1CCCCC1. The molecule has 1 aromatic carbocycles. The molecule has 110 valence electrons. The van der Waals surface area contributed by atoms with E-state index in [-0.39, 0.29) is 5.91 Å². The first kappa shape index (κ1) is 14.1. The van der Waals surface area contributed by atoms with E-state index in [9.17, 15) is 4.79 Å². The highest BCUT2D eigenvalue weighted by atomic mass is 32.1. The van der Waals surface area contributed by atoms with E-state index < -0.39 is 0 Å². The van der Waals surface area contributed by atoms with Crippen molar-refractivity contribution in [2.45, 2.75) is 25.7 Å². The number of nitrogens with zero attached hydrogens (tertiary/aromatic N) is 1. The Hall–Kier alpha value is -1.81. The number of carbonyl (C=O) groups is 1. The van der Waals surface area contributed by atoms with Crippen molar-refractivity contribution < 1.29 is 4.79 Å². The molecule has 1 aliphatic heterocycles. The number of rotatable bonds is 4. The lowest BCUT2D eigenvalue weighted by Gasteiger charge is -2.30. The zero-order valence-electron chi connectivity index (χ0n) is 12.0. The van der Waals surface area contributed by atoms with Crippen molar-refractivity contribution in [2.24, 2.45) is 0 Å². The van der Waals surface area contributed by atoms with Crippen LogP contribution in [0.15, 0.2) is 41.1 Å². The van der Waals surface area contributed by atoms with Crippen LogP contribution in [0.1, 0.15) is 24.8 Å². The number of nitrogens with one attached hydrogen (secondary N) is 1. The number of carbonyl (C=O) groups excluding carboxylic acids is 1. The van der Waals surface area contributed by atoms with E-state index in [1.54, 1.807) is 11.3 Å². The third-order valence-corrected chi connectivity index (χ3v) is 4.55. The Bertz CT molecular complexity index is 589. The number of thiophene rings is 1. The summed E-state index contributed by atoms with van der Waals surface area (Å²) in [6, 6.07) is 10.1. The van der Waals surface area contributed by atoms with E-state index in [1.165, 1.54) is 19.3 Å². The van der Waals surface area contributed by atoms with Crippen LogP contribution in [0.25, 0.3) is 0 Å². The minimum atomic E-state index is 0.0536. The molecular weight excluding hydrogens is 280 g/mol. The topological polar surface area (TPSA) is 32.3 Å². The third-order valence-electron chi connectivity index (χ3n) is 3.82. The molecule has 21 heavy (non-hydrogen) atoms. The molecular formula is C17H20N2OS. The molecule has 0 bridgehead atoms. The largest absolute Gasteiger partial charge is 0.370 e. The first-order chi connectivity index (χ1) is 10.3. The van der Waals surface area contributed by atoms with Crippen molar-refractivity contribution in [3.05, 3.63) is 46.7 Å². The van der Waals surface area contributed by atoms with Gasteiger partial charge in [-0.1, -0.05) is 12.1 Å². The van der Waals surface area contributed by atoms with Crippen molar-refractivity contribution in [1.29, 1.82) is 0 Å². The van der Waals surface area contributed by atoms with Gasteiger partial charge in [0.2, 0.25) is 5.91 Å². The molecule has 1 aliphatic rings. The van der Waals surface area contributed by atoms with Crippen LogP contribution in [0.2, 0.25) is 0 Å². The molecule has 1 N–H and O–H groups in total. The molecule has 0 spiro atoms. The Morgan fingerprint density at radius 3 is 2.71 bits per heavy atom. The highest BCUT2D eigenvalue weighted by Gasteiger charge is 2.15. The monoisotopic (exact) mass is 300 g/mol. The van der Waals surface area contributed by atoms with Crippen molar-refractivity contribution >= 4 is 28.6 Å². The van der Waals surface area contributed by atoms with Gasteiger partial charge in [-0.3, -0.25) is 4.79 Å². The second-order valence-electron chi connectivity index (χ2n) is 5.42. The molecule has 3 nitrogen and oxygen atoms in total. The van der Waals surface area contributed by atoms with E-state index in [0.717, 1.165) is 30.0 Å². The maximum absolute atomic E-state index is 12.2. The maximum atomic E-state index is 12.2. The number of benzene rings is 1. The smallest absolute Gasteiger partial charge is 0.228 e. The molecule has 2 heterocycles. The van der Waals surface area contributed by atoms with Crippen molar-refractivity contribution in [3.8, 4) is 0 Å². The number of hydrogen-bond acceptors (Lipinski definition) is 3. The average molecular weight is 300 g/mol. The molecule has 2 aromatic rings. The van der Waals surface area contributed by atoms with E-state index in [1.807, 2.05) is 35.0 Å². The van der Waals surface area contributed by atoms with Gasteiger partial charge in [0.25, 0.3) is 0 Å². The number of piperidine rings is 1. The maximum Gasteiger partial charge on any atom is 0.228 e. The van der Waals surface area contributed by atoms with Crippen LogP contribution in [-0.4, -0.2) is 19.0 Å². The fraction of sp³-hybridized carbons (Fsp3) is 0.353. The summed E-state index contributed by atoms with van der Waals surface area (Å²) < 4.78 is 0. The van der Waals surface area contributed by atoms with Gasteiger partial charge in [0, 0.05) is 13.1 Å². The minimum absolute atomic E-state index is 0.0536. The van der Waals surface area contributed by atoms with Crippen molar-refractivity contribution in [1.82, 2.24) is 0 Å². The molecule has 1 amide bonds. The molecule has 1 fully saturated rings. The van der Waals surface area contributed by atoms with Gasteiger partial charge in [0.05, 0.1) is 17.8 Å². The van der Waals surface area contributed by atoms with Crippen molar-refractivity contribution in [3.63, 3.8) is 0 Å². The number of hydrogen-bond donors (Lipinski definition) is 1. The number of para-hydroxylation sites is 2. The Balaban J connectivity index is 1.71. The van der Waals surface area contributed by atoms with Crippen LogP contribution < -0.4 is 10.2 Å². The van der Waals surface area contributed by atoms with Crippen LogP contribution in [0, 0.1) is 0 Å². The molecule has 1 saturated heterocycles. The number of anilines is 2. The fourth-order valence-corrected chi connectivity index (χ4v) is 3.43. The molecule has 0 saturated carbocycles. The van der Waals surface area contributed by atoms with Gasteiger partial charge in [-0.05, 0) is 53.8 Å². The highest BCUT2D eigenvalue weighted by Crippen LogP contribution is 2.28. The van der Waals surface area contributed by atoms with Gasteiger partial charge in [-0.25, -0.2) is 0 Å². The summed E-state index contributed by atoms with van der Waals surface area (Å²) in [5.41, 5.74) is 3.16. The van der Waals surface area contributed by atoms with E-state index >= 15 is 0 Å². The van der Waals surface area contributed by atoms with E-state index in [2.05, 4.69) is 16.3 Å². The first-order valence-corrected chi connectivity index (χ1v) is 8.42. The zero-order chi connectivity index (χ0) is 14.5. The quantitative estimate of drug-likeness (QED) is 0.928. The summed E-state index contributed by atoms with van der Waals surface area (Å²) >= 11 is 1.63. The lowest BCUT2D eigenvalue weighted by molar-refractivity contribution is -0.115. The Labute approximate surface area is 129 Å². The minimum Gasteiger partial charge on any atom is -0.370 e. The van der Waals surface area contributed by atoms with E-state index in [4.69, 9.17) is 0 Å². The van der Waals surface area contributed by atoms with Crippen LogP contribution in [0.3, 0.4) is 0 Å². The van der Waals surface area contributed by atoms with Gasteiger partial charge >= 0.3 is 0 Å². The fourth-order valence-electron chi connectivity index (χ4n) is 2.76. The predicted molar refractivity (Wildman–Crippen MR) is 89.2 cm³/mol. The molecule has 0 aliphatic carbocycles. The summed E-state index contributed by atoms with van der Waals surface area (Å²) in [6.07, 6.45) is 4.22. The molecule has 0 unspecified atom stereocenters. The van der Waals surface area contributed by atoms with Crippen LogP contribution >= 0.6 is 11.3 Å². The zero-order valence-corrected chi connectivity index (χ0v) is 12.9. The van der Waals surface area contributed by atoms with Crippen LogP contribution in [-0.2, 0) is 11.2 Å². The summed E-state index contributed by atoms with van der Waals surface area (Å²) in [4.78, 5) is 14.6. The summed E-state index contributed by atoms with van der Waals surface area (Å²) in [5, 5.41) is 7.10. The molecule has 0 atom stereocenters. The molecule has 0 radical (unpaired) electrons. The van der Waals surface area contributed by atoms with Gasteiger partial charge in [0.15, 0.2) is 0 Å². The lowest BCUT2D eigenvalue weighted by Crippen LogP contribution is -2.30. The van der Waals surface area contributed by atoms with Gasteiger partial charge in [-0.2, -0.15) is 11.3 Å². The summed E-state index contributed by atoms with van der Waals surface area (Å²) in [6.45, 7) is 2.16. The van der Waals surface area contributed by atoms with Crippen LogP contribution in [0.4, 0.5) is 11.4 Å². The normalized spacial score (nSPS) is 15.0. The van der Waals surface area contributed by atoms with Gasteiger partial charge in [-0.15, -0.1) is 0 Å². The van der Waals surface area contributed by atoms with Gasteiger partial charge in [0.1, 0.15) is 0 Å². The number of amides is 1. The predicted octanol–water partition coefficient (Wildman–Crippen LogP) is 3.92. The Kier molecular flexibility index (Phi) is 4.55. The van der Waals surface area contributed by atoms with Gasteiger partial charge < -0.3 is 10.2 Å². The molecule has 3 rings (SSSR count). The summed E-state index contributed by atoms with van der Waals surface area (Å²) in [5.74, 6) is 0.0536. The second-order valence-corrected chi connectivity index (χ2v) is 6.20. The lowest BCUT2D eigenvalue weighted by atomic mass is 10.1. The Morgan fingerprint density at radius 1 is 1.14 bits per heavy atom. The average Bonchev–Trinajstić information content (AvgIpc) is 3.01. The highest BCUT2D eigenvalue weighted by molar-refractivity contribution is 7.08. The summed E-state index contributed by atoms with van der Waals surface area (Å²) in [7, 11) is 0. The third kappa shape index (κ3) is 3.64. The Morgan fingerprint density at radius 2 is 1.95 bits per heavy atom. The standard InChI is InChI=1S/C17H20N2OS/c20-17(12-14-8-11-21-13-14)18-15-6-2-3-7-16(15)19-9-4-1-5-10-19/h2-3,6-8,11,13H,1,4-5,9-10,12H2,(H,18,20). The first-order valence-electron chi connectivity index (χ1n) is 7.48. The second kappa shape index (κ2) is 6.76.